The van der Waals surface area contributed by atoms with Crippen LogP contribution in [0.2, 0.25) is 0 Å². The highest BCUT2D eigenvalue weighted by atomic mass is 32.2. The van der Waals surface area contributed by atoms with E-state index < -0.39 is 21.1 Å². The first-order chi connectivity index (χ1) is 9.15. The van der Waals surface area contributed by atoms with Gasteiger partial charge in [-0.25, -0.2) is 0 Å². The maximum atomic E-state index is 12.0. The van der Waals surface area contributed by atoms with Crippen molar-refractivity contribution in [3.8, 4) is 0 Å². The molecule has 0 aliphatic heterocycles. The van der Waals surface area contributed by atoms with Gasteiger partial charge in [0.15, 0.2) is 0 Å². The van der Waals surface area contributed by atoms with Gasteiger partial charge in [0.1, 0.15) is 6.26 Å². The molecule has 1 aromatic heterocycles. The largest absolute Gasteiger partial charge is 0.450 e. The molecule has 0 atom stereocenters. The lowest BCUT2D eigenvalue weighted by atomic mass is 9.96. The van der Waals surface area contributed by atoms with Crippen molar-refractivity contribution >= 4 is 16.0 Å². The lowest BCUT2D eigenvalue weighted by Crippen LogP contribution is -2.43. The Morgan fingerprint density at radius 1 is 1.40 bits per heavy atom. The van der Waals surface area contributed by atoms with Crippen molar-refractivity contribution < 1.29 is 22.2 Å². The predicted molar refractivity (Wildman–Crippen MR) is 74.2 cm³/mol. The summed E-state index contributed by atoms with van der Waals surface area (Å²) in [6.07, 6.45) is 5.04. The van der Waals surface area contributed by atoms with Crippen LogP contribution in [0.5, 0.6) is 0 Å². The van der Waals surface area contributed by atoms with Gasteiger partial charge >= 0.3 is 10.1 Å². The predicted octanol–water partition coefficient (Wildman–Crippen LogP) is 2.62. The average molecular weight is 303 g/mol. The lowest BCUT2D eigenvalue weighted by molar-refractivity contribution is 0.0907. The maximum absolute atomic E-state index is 12.0. The average Bonchev–Trinajstić information content (AvgIpc) is 2.77. The van der Waals surface area contributed by atoms with Crippen molar-refractivity contribution in [2.45, 2.75) is 57.1 Å². The van der Waals surface area contributed by atoms with Crippen molar-refractivity contribution in [2.24, 2.45) is 0 Å². The monoisotopic (exact) mass is 303 g/mol. The van der Waals surface area contributed by atoms with E-state index >= 15 is 0 Å². The van der Waals surface area contributed by atoms with Gasteiger partial charge in [-0.05, 0) is 20.3 Å². The van der Waals surface area contributed by atoms with Gasteiger partial charge in [-0.15, -0.1) is 0 Å². The molecule has 0 unspecified atom stereocenters. The number of unbranched alkanes of at least 4 members (excludes halogenated alkanes) is 2. The fourth-order valence-corrected chi connectivity index (χ4v) is 2.28. The van der Waals surface area contributed by atoms with Crippen LogP contribution in [0.3, 0.4) is 0 Å². The van der Waals surface area contributed by atoms with Gasteiger partial charge in [0, 0.05) is 11.6 Å². The van der Waals surface area contributed by atoms with Gasteiger partial charge in [0.2, 0.25) is 5.09 Å². The van der Waals surface area contributed by atoms with Crippen LogP contribution in [0.4, 0.5) is 0 Å². The van der Waals surface area contributed by atoms with E-state index in [1.807, 2.05) is 13.8 Å². The standard InChI is InChI=1S/C13H21NO5S/c1-4-5-6-7-13(2,3)14-12(15)10-8-11(19-9-10)20(16,17)18/h8-9H,4-7H2,1-3H3,(H,14,15)(H,16,17,18). The minimum Gasteiger partial charge on any atom is -0.450 e. The minimum atomic E-state index is -4.42. The molecule has 114 valence electrons. The summed E-state index contributed by atoms with van der Waals surface area (Å²) in [5.41, 5.74) is -0.317. The molecule has 7 heteroatoms. The molecule has 0 spiro atoms. The quantitative estimate of drug-likeness (QED) is 0.596. The summed E-state index contributed by atoms with van der Waals surface area (Å²) in [4.78, 5) is 12.0. The van der Waals surface area contributed by atoms with E-state index in [0.29, 0.717) is 0 Å². The Balaban J connectivity index is 2.69. The highest BCUT2D eigenvalue weighted by molar-refractivity contribution is 7.85. The molecule has 6 nitrogen and oxygen atoms in total. The summed E-state index contributed by atoms with van der Waals surface area (Å²) in [5, 5.41) is 2.19. The molecule has 1 aromatic rings. The Bertz CT molecular complexity index is 559. The third kappa shape index (κ3) is 4.97. The van der Waals surface area contributed by atoms with E-state index in [1.54, 1.807) is 0 Å². The fraction of sp³-hybridized carbons (Fsp3) is 0.615. The maximum Gasteiger partial charge on any atom is 0.328 e. The second-order valence-corrected chi connectivity index (χ2v) is 6.78. The van der Waals surface area contributed by atoms with Crippen molar-refractivity contribution in [3.05, 3.63) is 17.9 Å². The molecule has 0 aliphatic rings. The van der Waals surface area contributed by atoms with Gasteiger partial charge in [-0.3, -0.25) is 9.35 Å². The first-order valence-electron chi connectivity index (χ1n) is 6.54. The molecule has 0 saturated heterocycles. The van der Waals surface area contributed by atoms with Crippen LogP contribution in [0.15, 0.2) is 21.8 Å². The highest BCUT2D eigenvalue weighted by Crippen LogP contribution is 2.17. The van der Waals surface area contributed by atoms with Crippen LogP contribution in [-0.2, 0) is 10.1 Å². The smallest absolute Gasteiger partial charge is 0.328 e. The summed E-state index contributed by atoms with van der Waals surface area (Å²) in [6, 6.07) is 1.01. The number of amides is 1. The number of furan rings is 1. The second kappa shape index (κ2) is 6.41. The zero-order valence-electron chi connectivity index (χ0n) is 12.0. The first-order valence-corrected chi connectivity index (χ1v) is 7.98. The molecule has 1 rings (SSSR count). The summed E-state index contributed by atoms with van der Waals surface area (Å²) >= 11 is 0. The van der Waals surface area contributed by atoms with Crippen LogP contribution in [0.25, 0.3) is 0 Å². The number of carbonyl (C=O) groups is 1. The van der Waals surface area contributed by atoms with Crippen molar-refractivity contribution in [2.75, 3.05) is 0 Å². The van der Waals surface area contributed by atoms with Crippen LogP contribution in [0, 0.1) is 0 Å². The molecule has 0 aliphatic carbocycles. The van der Waals surface area contributed by atoms with Crippen LogP contribution < -0.4 is 5.32 Å². The second-order valence-electron chi connectivity index (χ2n) is 5.42. The third-order valence-electron chi connectivity index (χ3n) is 2.95. The van der Waals surface area contributed by atoms with Crippen molar-refractivity contribution in [1.29, 1.82) is 0 Å². The minimum absolute atomic E-state index is 0.0705. The molecule has 0 fully saturated rings. The molecule has 2 N–H and O–H groups in total. The molecule has 0 aromatic carbocycles. The normalized spacial score (nSPS) is 12.4. The number of hydrogen-bond donors (Lipinski definition) is 2. The summed E-state index contributed by atoms with van der Waals surface area (Å²) in [6.45, 7) is 5.92. The van der Waals surface area contributed by atoms with E-state index in [9.17, 15) is 13.2 Å². The Morgan fingerprint density at radius 3 is 2.55 bits per heavy atom. The molecule has 20 heavy (non-hydrogen) atoms. The molecule has 1 amide bonds. The fourth-order valence-electron chi connectivity index (χ4n) is 1.83. The molecular formula is C13H21NO5S. The Hall–Kier alpha value is -1.34. The summed E-state index contributed by atoms with van der Waals surface area (Å²) in [7, 11) is -4.42. The lowest BCUT2D eigenvalue weighted by Gasteiger charge is -2.26. The zero-order chi connectivity index (χ0) is 15.4. The summed E-state index contributed by atoms with van der Waals surface area (Å²) in [5.74, 6) is -0.426. The van der Waals surface area contributed by atoms with E-state index in [4.69, 9.17) is 4.55 Å². The Kier molecular flexibility index (Phi) is 5.35. The number of nitrogens with one attached hydrogen (secondary N) is 1. The van der Waals surface area contributed by atoms with Gasteiger partial charge in [-0.2, -0.15) is 8.42 Å². The Morgan fingerprint density at radius 2 is 2.05 bits per heavy atom. The molecule has 0 bridgehead atoms. The molecule has 0 saturated carbocycles. The molecule has 0 radical (unpaired) electrons. The third-order valence-corrected chi connectivity index (χ3v) is 3.67. The van der Waals surface area contributed by atoms with Crippen LogP contribution >= 0.6 is 0 Å². The van der Waals surface area contributed by atoms with E-state index in [1.165, 1.54) is 0 Å². The van der Waals surface area contributed by atoms with Gasteiger partial charge in [0.05, 0.1) is 5.56 Å². The van der Waals surface area contributed by atoms with Gasteiger partial charge < -0.3 is 9.73 Å². The highest BCUT2D eigenvalue weighted by Gasteiger charge is 2.23. The van der Waals surface area contributed by atoms with Crippen molar-refractivity contribution in [3.63, 3.8) is 0 Å². The van der Waals surface area contributed by atoms with Crippen LogP contribution in [0.1, 0.15) is 56.8 Å². The SMILES string of the molecule is CCCCCC(C)(C)NC(=O)c1coc(S(=O)(=O)O)c1. The van der Waals surface area contributed by atoms with Gasteiger partial charge in [-0.1, -0.05) is 26.2 Å². The zero-order valence-corrected chi connectivity index (χ0v) is 12.8. The van der Waals surface area contributed by atoms with Gasteiger partial charge in [0.25, 0.3) is 5.91 Å². The number of hydrogen-bond acceptors (Lipinski definition) is 4. The molecule has 1 heterocycles. The van der Waals surface area contributed by atoms with E-state index in [-0.39, 0.29) is 11.1 Å². The number of rotatable bonds is 7. The topological polar surface area (TPSA) is 96.6 Å². The van der Waals surface area contributed by atoms with E-state index in [2.05, 4.69) is 16.7 Å². The number of carbonyl (C=O) groups excluding carboxylic acids is 1. The molecular weight excluding hydrogens is 282 g/mol. The van der Waals surface area contributed by atoms with E-state index in [0.717, 1.165) is 38.0 Å². The summed E-state index contributed by atoms with van der Waals surface area (Å²) < 4.78 is 35.2. The Labute approximate surface area is 119 Å². The van der Waals surface area contributed by atoms with Crippen molar-refractivity contribution in [1.82, 2.24) is 5.32 Å². The van der Waals surface area contributed by atoms with Crippen LogP contribution in [-0.4, -0.2) is 24.4 Å². The first kappa shape index (κ1) is 16.7.